The molecule has 1 aliphatic rings. The van der Waals surface area contributed by atoms with Crippen molar-refractivity contribution in [3.8, 4) is 17.1 Å². The molecule has 1 aliphatic heterocycles. The minimum Gasteiger partial charge on any atom is -0.464 e. The van der Waals surface area contributed by atoms with Crippen molar-refractivity contribution in [3.05, 3.63) is 78.2 Å². The van der Waals surface area contributed by atoms with Crippen molar-refractivity contribution in [1.29, 1.82) is 0 Å². The smallest absolute Gasteiger partial charge is 0.254 e. The van der Waals surface area contributed by atoms with Crippen LogP contribution in [0.3, 0.4) is 0 Å². The Morgan fingerprint density at radius 2 is 2.07 bits per heavy atom. The topological polar surface area (TPSA) is 81.4 Å². The first kappa shape index (κ1) is 16.7. The van der Waals surface area contributed by atoms with E-state index >= 15 is 0 Å². The van der Waals surface area contributed by atoms with Crippen LogP contribution in [0.1, 0.15) is 11.5 Å². The lowest BCUT2D eigenvalue weighted by atomic mass is 10.1. The average Bonchev–Trinajstić information content (AvgIpc) is 3.05. The van der Waals surface area contributed by atoms with E-state index < -0.39 is 0 Å². The third-order valence-electron chi connectivity index (χ3n) is 4.03. The van der Waals surface area contributed by atoms with Gasteiger partial charge in [-0.15, -0.1) is 0 Å². The Morgan fingerprint density at radius 3 is 2.93 bits per heavy atom. The number of carbonyl (C=O) groups excluding carboxylic acids is 1. The molecule has 0 radical (unpaired) electrons. The SMILES string of the molecule is CN(Cc1nc(-c2cccnc2)no1)C(=O)C1=Cc2ccccc2OC=C1. The molecule has 0 fully saturated rings. The van der Waals surface area contributed by atoms with Gasteiger partial charge in [-0.1, -0.05) is 23.4 Å². The van der Waals surface area contributed by atoms with E-state index in [1.165, 1.54) is 11.2 Å². The lowest BCUT2D eigenvalue weighted by Gasteiger charge is -2.15. The Bertz CT molecular complexity index is 1020. The molecule has 1 amide bonds. The summed E-state index contributed by atoms with van der Waals surface area (Å²) < 4.78 is 10.8. The fourth-order valence-corrected chi connectivity index (χ4v) is 2.66. The van der Waals surface area contributed by atoms with Gasteiger partial charge >= 0.3 is 0 Å². The highest BCUT2D eigenvalue weighted by atomic mass is 16.5. The summed E-state index contributed by atoms with van der Waals surface area (Å²) >= 11 is 0. The summed E-state index contributed by atoms with van der Waals surface area (Å²) in [4.78, 5) is 22.7. The standard InChI is InChI=1S/C20H16N4O3/c1-24(13-18-22-19(23-27-18)16-6-4-9-21-12-16)20(25)15-8-10-26-17-7-3-2-5-14(17)11-15/h2-12H,13H2,1H3. The molecule has 1 aromatic carbocycles. The molecule has 134 valence electrons. The number of hydrogen-bond donors (Lipinski definition) is 0. The van der Waals surface area contributed by atoms with Crippen LogP contribution >= 0.6 is 0 Å². The second-order valence-electron chi connectivity index (χ2n) is 5.97. The summed E-state index contributed by atoms with van der Waals surface area (Å²) in [6.07, 6.45) is 8.28. The largest absolute Gasteiger partial charge is 0.464 e. The van der Waals surface area contributed by atoms with Gasteiger partial charge in [-0.2, -0.15) is 4.98 Å². The minimum absolute atomic E-state index is 0.173. The summed E-state index contributed by atoms with van der Waals surface area (Å²) in [5.74, 6) is 1.32. The third-order valence-corrected chi connectivity index (χ3v) is 4.03. The van der Waals surface area contributed by atoms with Gasteiger partial charge in [0.2, 0.25) is 11.7 Å². The van der Waals surface area contributed by atoms with Crippen molar-refractivity contribution in [2.75, 3.05) is 7.05 Å². The monoisotopic (exact) mass is 360 g/mol. The van der Waals surface area contributed by atoms with Gasteiger partial charge in [0.15, 0.2) is 0 Å². The van der Waals surface area contributed by atoms with Gasteiger partial charge in [-0.25, -0.2) is 0 Å². The average molecular weight is 360 g/mol. The van der Waals surface area contributed by atoms with Crippen LogP contribution in [-0.4, -0.2) is 33.0 Å². The number of pyridine rings is 1. The maximum Gasteiger partial charge on any atom is 0.254 e. The number of carbonyl (C=O) groups is 1. The summed E-state index contributed by atoms with van der Waals surface area (Å²) in [6.45, 7) is 0.194. The van der Waals surface area contributed by atoms with Gasteiger partial charge in [0, 0.05) is 36.1 Å². The van der Waals surface area contributed by atoms with Crippen LogP contribution in [0, 0.1) is 0 Å². The quantitative estimate of drug-likeness (QED) is 0.711. The highest BCUT2D eigenvalue weighted by Crippen LogP contribution is 2.25. The van der Waals surface area contributed by atoms with Crippen molar-refractivity contribution in [2.45, 2.75) is 6.54 Å². The second-order valence-corrected chi connectivity index (χ2v) is 5.97. The highest BCUT2D eigenvalue weighted by Gasteiger charge is 2.18. The molecule has 0 N–H and O–H groups in total. The molecular weight excluding hydrogens is 344 g/mol. The molecule has 0 atom stereocenters. The normalized spacial score (nSPS) is 12.6. The van der Waals surface area contributed by atoms with Gasteiger partial charge in [0.05, 0.1) is 12.8 Å². The van der Waals surface area contributed by atoms with E-state index in [2.05, 4.69) is 15.1 Å². The molecule has 0 unspecified atom stereocenters. The number of ether oxygens (including phenoxy) is 1. The summed E-state index contributed by atoms with van der Waals surface area (Å²) in [7, 11) is 1.68. The molecule has 0 aliphatic carbocycles. The summed E-state index contributed by atoms with van der Waals surface area (Å²) in [6, 6.07) is 11.2. The molecule has 7 heteroatoms. The Hall–Kier alpha value is -3.74. The molecule has 0 saturated carbocycles. The molecule has 0 saturated heterocycles. The summed E-state index contributed by atoms with van der Waals surface area (Å²) in [5.41, 5.74) is 2.11. The first-order chi connectivity index (χ1) is 13.2. The molecule has 0 bridgehead atoms. The van der Waals surface area contributed by atoms with Crippen molar-refractivity contribution in [2.24, 2.45) is 0 Å². The maximum absolute atomic E-state index is 12.8. The van der Waals surface area contributed by atoms with Crippen LogP contribution in [-0.2, 0) is 11.3 Å². The Labute approximate surface area is 155 Å². The van der Waals surface area contributed by atoms with Gasteiger partial charge in [-0.05, 0) is 30.4 Å². The number of amides is 1. The number of para-hydroxylation sites is 1. The van der Waals surface area contributed by atoms with Crippen LogP contribution in [0.25, 0.3) is 17.5 Å². The first-order valence-corrected chi connectivity index (χ1v) is 8.33. The number of rotatable bonds is 4. The van der Waals surface area contributed by atoms with Crippen LogP contribution in [0.2, 0.25) is 0 Å². The Balaban J connectivity index is 1.50. The molecular formula is C20H16N4O3. The number of aromatic nitrogens is 3. The molecule has 2 aromatic heterocycles. The van der Waals surface area contributed by atoms with Crippen molar-refractivity contribution < 1.29 is 14.1 Å². The molecule has 3 heterocycles. The predicted molar refractivity (Wildman–Crippen MR) is 98.2 cm³/mol. The molecule has 4 rings (SSSR count). The molecule has 27 heavy (non-hydrogen) atoms. The zero-order chi connectivity index (χ0) is 18.6. The first-order valence-electron chi connectivity index (χ1n) is 8.33. The van der Waals surface area contributed by atoms with E-state index in [4.69, 9.17) is 9.26 Å². The van der Waals surface area contributed by atoms with E-state index in [0.717, 1.165) is 11.1 Å². The minimum atomic E-state index is -0.173. The second kappa shape index (κ2) is 7.25. The van der Waals surface area contributed by atoms with Crippen LogP contribution in [0.5, 0.6) is 5.75 Å². The summed E-state index contributed by atoms with van der Waals surface area (Å²) in [5, 5.41) is 3.94. The maximum atomic E-state index is 12.8. The lowest BCUT2D eigenvalue weighted by molar-refractivity contribution is -0.126. The van der Waals surface area contributed by atoms with E-state index in [0.29, 0.717) is 23.0 Å². The van der Waals surface area contributed by atoms with E-state index in [-0.39, 0.29) is 12.5 Å². The van der Waals surface area contributed by atoms with Crippen molar-refractivity contribution in [3.63, 3.8) is 0 Å². The zero-order valence-corrected chi connectivity index (χ0v) is 14.6. The lowest BCUT2D eigenvalue weighted by Crippen LogP contribution is -2.27. The number of fused-ring (bicyclic) bond motifs is 1. The fourth-order valence-electron chi connectivity index (χ4n) is 2.66. The highest BCUT2D eigenvalue weighted by molar-refractivity contribution is 6.00. The van der Waals surface area contributed by atoms with Crippen LogP contribution in [0.4, 0.5) is 0 Å². The van der Waals surface area contributed by atoms with Gasteiger partial charge in [0.1, 0.15) is 5.75 Å². The number of likely N-dealkylation sites (N-methyl/N-ethyl adjacent to an activating group) is 1. The van der Waals surface area contributed by atoms with Gasteiger partial charge in [0.25, 0.3) is 5.91 Å². The van der Waals surface area contributed by atoms with E-state index in [1.807, 2.05) is 30.3 Å². The van der Waals surface area contributed by atoms with Crippen molar-refractivity contribution in [1.82, 2.24) is 20.0 Å². The number of nitrogens with zero attached hydrogens (tertiary/aromatic N) is 4. The van der Waals surface area contributed by atoms with Crippen LogP contribution < -0.4 is 4.74 Å². The van der Waals surface area contributed by atoms with Gasteiger partial charge < -0.3 is 14.2 Å². The predicted octanol–water partition coefficient (Wildman–Crippen LogP) is 3.08. The van der Waals surface area contributed by atoms with E-state index in [1.54, 1.807) is 37.7 Å². The van der Waals surface area contributed by atoms with Crippen LogP contribution in [0.15, 0.2) is 71.2 Å². The Kier molecular flexibility index (Phi) is 4.49. The van der Waals surface area contributed by atoms with Gasteiger partial charge in [-0.3, -0.25) is 9.78 Å². The fraction of sp³-hybridized carbons (Fsp3) is 0.100. The van der Waals surface area contributed by atoms with E-state index in [9.17, 15) is 4.79 Å². The van der Waals surface area contributed by atoms with Crippen molar-refractivity contribution >= 4 is 12.0 Å². The molecule has 0 spiro atoms. The molecule has 3 aromatic rings. The molecule has 7 nitrogen and oxygen atoms in total. The zero-order valence-electron chi connectivity index (χ0n) is 14.6. The number of hydrogen-bond acceptors (Lipinski definition) is 6. The third kappa shape index (κ3) is 3.62. The Morgan fingerprint density at radius 1 is 1.19 bits per heavy atom. The number of benzene rings is 1.